The lowest BCUT2D eigenvalue weighted by molar-refractivity contribution is 0.665. The van der Waals surface area contributed by atoms with Crippen LogP contribution in [-0.4, -0.2) is 6.04 Å². The fraction of sp³-hybridized carbons (Fsp3) is 0.200. The Balaban J connectivity index is 1.94. The second kappa shape index (κ2) is 6.55. The fourth-order valence-electron chi connectivity index (χ4n) is 1.92. The summed E-state index contributed by atoms with van der Waals surface area (Å²) in [6.07, 6.45) is 1.78. The van der Waals surface area contributed by atoms with Gasteiger partial charge in [-0.2, -0.15) is 0 Å². The SMILES string of the molecule is NC(Cc1ccc(Cl)cc1)Cc1ccc(I)cc1. The van der Waals surface area contributed by atoms with Crippen molar-refractivity contribution in [3.05, 3.63) is 68.3 Å². The number of nitrogens with two attached hydrogens (primary N) is 1. The van der Waals surface area contributed by atoms with Crippen molar-refractivity contribution in [3.8, 4) is 0 Å². The van der Waals surface area contributed by atoms with Gasteiger partial charge in [-0.1, -0.05) is 35.9 Å². The van der Waals surface area contributed by atoms with Crippen LogP contribution in [0.1, 0.15) is 11.1 Å². The van der Waals surface area contributed by atoms with E-state index in [0.717, 1.165) is 17.9 Å². The summed E-state index contributed by atoms with van der Waals surface area (Å²) >= 11 is 8.17. The molecule has 2 aromatic rings. The quantitative estimate of drug-likeness (QED) is 0.806. The third-order valence-electron chi connectivity index (χ3n) is 2.82. The highest BCUT2D eigenvalue weighted by molar-refractivity contribution is 14.1. The Morgan fingerprint density at radius 2 is 1.33 bits per heavy atom. The van der Waals surface area contributed by atoms with Gasteiger partial charge >= 0.3 is 0 Å². The van der Waals surface area contributed by atoms with Crippen LogP contribution in [0.25, 0.3) is 0 Å². The minimum atomic E-state index is 0.145. The highest BCUT2D eigenvalue weighted by Gasteiger charge is 2.05. The molecule has 0 aliphatic rings. The summed E-state index contributed by atoms with van der Waals surface area (Å²) in [6.45, 7) is 0. The largest absolute Gasteiger partial charge is 0.327 e. The van der Waals surface area contributed by atoms with E-state index in [9.17, 15) is 0 Å². The van der Waals surface area contributed by atoms with Crippen LogP contribution in [0.2, 0.25) is 5.02 Å². The van der Waals surface area contributed by atoms with Gasteiger partial charge in [0.1, 0.15) is 0 Å². The summed E-state index contributed by atoms with van der Waals surface area (Å²) < 4.78 is 1.25. The minimum Gasteiger partial charge on any atom is -0.327 e. The Labute approximate surface area is 126 Å². The summed E-state index contributed by atoms with van der Waals surface area (Å²) in [7, 11) is 0. The summed E-state index contributed by atoms with van der Waals surface area (Å²) in [5.41, 5.74) is 8.70. The lowest BCUT2D eigenvalue weighted by atomic mass is 10.00. The van der Waals surface area contributed by atoms with E-state index in [0.29, 0.717) is 0 Å². The molecule has 0 heterocycles. The molecule has 2 aromatic carbocycles. The van der Waals surface area contributed by atoms with Crippen molar-refractivity contribution in [1.82, 2.24) is 0 Å². The Hall–Kier alpha value is -0.580. The van der Waals surface area contributed by atoms with Crippen molar-refractivity contribution in [2.24, 2.45) is 5.73 Å². The first kappa shape index (κ1) is 13.8. The maximum atomic E-state index is 6.18. The molecule has 0 fully saturated rings. The molecule has 1 nitrogen and oxygen atoms in total. The first-order chi connectivity index (χ1) is 8.63. The van der Waals surface area contributed by atoms with E-state index >= 15 is 0 Å². The summed E-state index contributed by atoms with van der Waals surface area (Å²) in [5.74, 6) is 0. The Bertz CT molecular complexity index is 445. The molecule has 0 amide bonds. The summed E-state index contributed by atoms with van der Waals surface area (Å²) in [4.78, 5) is 0. The molecule has 0 saturated heterocycles. The van der Waals surface area contributed by atoms with Crippen LogP contribution in [0.15, 0.2) is 48.5 Å². The van der Waals surface area contributed by atoms with Crippen molar-refractivity contribution < 1.29 is 0 Å². The van der Waals surface area contributed by atoms with Crippen molar-refractivity contribution in [1.29, 1.82) is 0 Å². The predicted octanol–water partition coefficient (Wildman–Crippen LogP) is 4.06. The van der Waals surface area contributed by atoms with Crippen LogP contribution < -0.4 is 5.73 Å². The van der Waals surface area contributed by atoms with E-state index in [2.05, 4.69) is 46.9 Å². The molecule has 94 valence electrons. The molecular weight excluding hydrogens is 357 g/mol. The van der Waals surface area contributed by atoms with Gasteiger partial charge in [-0.25, -0.2) is 0 Å². The number of hydrogen-bond donors (Lipinski definition) is 1. The van der Waals surface area contributed by atoms with Crippen LogP contribution in [0, 0.1) is 3.57 Å². The lowest BCUT2D eigenvalue weighted by Crippen LogP contribution is -2.25. The molecule has 0 aliphatic carbocycles. The molecule has 2 rings (SSSR count). The molecule has 0 spiro atoms. The zero-order valence-electron chi connectivity index (χ0n) is 9.94. The molecule has 2 N–H and O–H groups in total. The van der Waals surface area contributed by atoms with Crippen LogP contribution in [0.3, 0.4) is 0 Å². The molecule has 1 atom stereocenters. The first-order valence-corrected chi connectivity index (χ1v) is 7.33. The third-order valence-corrected chi connectivity index (χ3v) is 3.79. The second-order valence-corrected chi connectivity index (χ2v) is 6.10. The zero-order chi connectivity index (χ0) is 13.0. The van der Waals surface area contributed by atoms with E-state index in [1.54, 1.807) is 0 Å². The van der Waals surface area contributed by atoms with Crippen LogP contribution in [0.5, 0.6) is 0 Å². The van der Waals surface area contributed by atoms with Crippen molar-refractivity contribution >= 4 is 34.2 Å². The predicted molar refractivity (Wildman–Crippen MR) is 86.0 cm³/mol. The zero-order valence-corrected chi connectivity index (χ0v) is 12.9. The van der Waals surface area contributed by atoms with Gasteiger partial charge in [0.25, 0.3) is 0 Å². The van der Waals surface area contributed by atoms with Gasteiger partial charge in [0.05, 0.1) is 0 Å². The van der Waals surface area contributed by atoms with Crippen molar-refractivity contribution in [2.75, 3.05) is 0 Å². The standard InChI is InChI=1S/C15H15ClIN/c16-13-5-1-11(2-6-13)9-15(18)10-12-3-7-14(17)8-4-12/h1-8,15H,9-10,18H2. The molecule has 18 heavy (non-hydrogen) atoms. The molecule has 0 aliphatic heterocycles. The minimum absolute atomic E-state index is 0.145. The van der Waals surface area contributed by atoms with Gasteiger partial charge in [0.15, 0.2) is 0 Å². The summed E-state index contributed by atoms with van der Waals surface area (Å²) in [6, 6.07) is 16.6. The average Bonchev–Trinajstić information content (AvgIpc) is 2.35. The number of hydrogen-bond acceptors (Lipinski definition) is 1. The van der Waals surface area contributed by atoms with Crippen molar-refractivity contribution in [3.63, 3.8) is 0 Å². The molecular formula is C15H15ClIN. The molecule has 0 aromatic heterocycles. The van der Waals surface area contributed by atoms with Crippen LogP contribution in [0.4, 0.5) is 0 Å². The molecule has 0 bridgehead atoms. The van der Waals surface area contributed by atoms with Gasteiger partial charge in [-0.15, -0.1) is 0 Å². The smallest absolute Gasteiger partial charge is 0.0406 e. The van der Waals surface area contributed by atoms with E-state index in [4.69, 9.17) is 17.3 Å². The fourth-order valence-corrected chi connectivity index (χ4v) is 2.40. The first-order valence-electron chi connectivity index (χ1n) is 5.88. The maximum Gasteiger partial charge on any atom is 0.0406 e. The van der Waals surface area contributed by atoms with Crippen molar-refractivity contribution in [2.45, 2.75) is 18.9 Å². The molecule has 0 saturated carbocycles. The highest BCUT2D eigenvalue weighted by Crippen LogP contribution is 2.13. The summed E-state index contributed by atoms with van der Waals surface area (Å²) in [5, 5.41) is 0.768. The van der Waals surface area contributed by atoms with Gasteiger partial charge < -0.3 is 5.73 Å². The number of rotatable bonds is 4. The van der Waals surface area contributed by atoms with E-state index in [-0.39, 0.29) is 6.04 Å². The maximum absolute atomic E-state index is 6.18. The van der Waals surface area contributed by atoms with E-state index in [1.807, 2.05) is 24.3 Å². The lowest BCUT2D eigenvalue weighted by Gasteiger charge is -2.12. The van der Waals surface area contributed by atoms with Gasteiger partial charge in [0.2, 0.25) is 0 Å². The highest BCUT2D eigenvalue weighted by atomic mass is 127. The topological polar surface area (TPSA) is 26.0 Å². The Morgan fingerprint density at radius 1 is 0.889 bits per heavy atom. The van der Waals surface area contributed by atoms with E-state index < -0.39 is 0 Å². The van der Waals surface area contributed by atoms with Gasteiger partial charge in [-0.3, -0.25) is 0 Å². The molecule has 1 unspecified atom stereocenters. The van der Waals surface area contributed by atoms with Gasteiger partial charge in [0, 0.05) is 14.6 Å². The number of benzene rings is 2. The number of halogens is 2. The normalized spacial score (nSPS) is 12.4. The second-order valence-electron chi connectivity index (χ2n) is 4.42. The molecule has 3 heteroatoms. The Morgan fingerprint density at radius 3 is 1.83 bits per heavy atom. The third kappa shape index (κ3) is 4.26. The van der Waals surface area contributed by atoms with E-state index in [1.165, 1.54) is 14.7 Å². The van der Waals surface area contributed by atoms with Gasteiger partial charge in [-0.05, 0) is 70.8 Å². The van der Waals surface area contributed by atoms with Crippen LogP contribution >= 0.6 is 34.2 Å². The van der Waals surface area contributed by atoms with Crippen LogP contribution in [-0.2, 0) is 12.8 Å². The Kier molecular flexibility index (Phi) is 5.03. The monoisotopic (exact) mass is 371 g/mol. The average molecular weight is 372 g/mol. The molecule has 0 radical (unpaired) electrons.